The molecule has 10 heteroatoms. The predicted octanol–water partition coefficient (Wildman–Crippen LogP) is 5.00. The van der Waals surface area contributed by atoms with Gasteiger partial charge in [-0.25, -0.2) is 0 Å². The summed E-state index contributed by atoms with van der Waals surface area (Å²) in [6.45, 7) is 1.98. The van der Waals surface area contributed by atoms with Gasteiger partial charge in [0.05, 0.1) is 7.11 Å². The van der Waals surface area contributed by atoms with Crippen LogP contribution in [0.4, 0.5) is 0 Å². The molecule has 0 saturated carbocycles. The van der Waals surface area contributed by atoms with Crippen molar-refractivity contribution in [3.8, 4) is 28.4 Å². The van der Waals surface area contributed by atoms with E-state index < -0.39 is 26.0 Å². The first-order chi connectivity index (χ1) is 18.1. The number of fused-ring (bicyclic) bond motifs is 3. The molecule has 0 heterocycles. The summed E-state index contributed by atoms with van der Waals surface area (Å²) in [4.78, 5) is 12.8. The fraction of sp³-hybridized carbons (Fsp3) is 0.107. The number of rotatable bonds is 8. The Balaban J connectivity index is 1.42. The van der Waals surface area contributed by atoms with E-state index in [0.29, 0.717) is 16.9 Å². The molecule has 1 aliphatic rings. The van der Waals surface area contributed by atoms with Crippen LogP contribution in [0.1, 0.15) is 28.4 Å². The van der Waals surface area contributed by atoms with Crippen LogP contribution in [0.15, 0.2) is 94.7 Å². The van der Waals surface area contributed by atoms with Crippen molar-refractivity contribution < 1.29 is 34.7 Å². The largest absolute Gasteiger partial charge is 0.497 e. The summed E-state index contributed by atoms with van der Waals surface area (Å²) < 4.78 is 67.1. The van der Waals surface area contributed by atoms with Gasteiger partial charge in [-0.2, -0.15) is 16.8 Å². The van der Waals surface area contributed by atoms with Crippen LogP contribution < -0.4 is 13.1 Å². The zero-order valence-electron chi connectivity index (χ0n) is 20.4. The van der Waals surface area contributed by atoms with Crippen LogP contribution in [0.2, 0.25) is 0 Å². The Labute approximate surface area is 220 Å². The van der Waals surface area contributed by atoms with Crippen molar-refractivity contribution in [1.29, 1.82) is 0 Å². The summed E-state index contributed by atoms with van der Waals surface area (Å²) in [6.07, 6.45) is 0.803. The number of hydrogen-bond acceptors (Lipinski definition) is 8. The molecule has 194 valence electrons. The van der Waals surface area contributed by atoms with Crippen molar-refractivity contribution >= 4 is 26.0 Å². The van der Waals surface area contributed by atoms with E-state index >= 15 is 0 Å². The standard InChI is InChI=1S/C28H22O8S2/c1-3-18-4-6-20(7-5-18)35-37(30,31)22-12-14-24-25-15-13-23(17-27(25)28(29)26(24)16-22)38(32,33)36-21-10-8-19(34-2)9-11-21/h4-17H,3H2,1-2H3. The lowest BCUT2D eigenvalue weighted by Crippen LogP contribution is -2.11. The van der Waals surface area contributed by atoms with Gasteiger partial charge in [0.25, 0.3) is 0 Å². The van der Waals surface area contributed by atoms with Gasteiger partial charge < -0.3 is 13.1 Å². The minimum atomic E-state index is -4.25. The summed E-state index contributed by atoms with van der Waals surface area (Å²) in [5.41, 5.74) is 2.29. The summed E-state index contributed by atoms with van der Waals surface area (Å²) in [5, 5.41) is 0. The maximum atomic E-state index is 13.2. The maximum absolute atomic E-state index is 13.2. The van der Waals surface area contributed by atoms with Crippen LogP contribution >= 0.6 is 0 Å². The number of benzene rings is 4. The molecule has 0 unspecified atom stereocenters. The van der Waals surface area contributed by atoms with Gasteiger partial charge in [-0.05, 0) is 83.8 Å². The quantitative estimate of drug-likeness (QED) is 0.248. The van der Waals surface area contributed by atoms with E-state index in [4.69, 9.17) is 13.1 Å². The fourth-order valence-electron chi connectivity index (χ4n) is 4.11. The molecular weight excluding hydrogens is 528 g/mol. The zero-order valence-corrected chi connectivity index (χ0v) is 22.0. The van der Waals surface area contributed by atoms with Gasteiger partial charge in [-0.3, -0.25) is 4.79 Å². The highest BCUT2D eigenvalue weighted by atomic mass is 32.2. The van der Waals surface area contributed by atoms with Crippen molar-refractivity contribution in [1.82, 2.24) is 0 Å². The molecule has 0 aliphatic heterocycles. The summed E-state index contributed by atoms with van der Waals surface area (Å²) in [5.74, 6) is 0.279. The normalized spacial score (nSPS) is 12.5. The van der Waals surface area contributed by atoms with Crippen LogP contribution in [-0.4, -0.2) is 29.7 Å². The van der Waals surface area contributed by atoms with Gasteiger partial charge in [0.2, 0.25) is 0 Å². The number of carbonyl (C=O) groups excluding carboxylic acids is 1. The first-order valence-corrected chi connectivity index (χ1v) is 14.4. The molecule has 4 aromatic rings. The second kappa shape index (κ2) is 9.62. The Kier molecular flexibility index (Phi) is 6.46. The Morgan fingerprint density at radius 3 is 1.42 bits per heavy atom. The molecule has 8 nitrogen and oxygen atoms in total. The van der Waals surface area contributed by atoms with Crippen LogP contribution in [0, 0.1) is 0 Å². The fourth-order valence-corrected chi connectivity index (χ4v) is 6.03. The summed E-state index contributed by atoms with van der Waals surface area (Å²) in [7, 11) is -6.97. The monoisotopic (exact) mass is 550 g/mol. The Morgan fingerprint density at radius 1 is 0.579 bits per heavy atom. The van der Waals surface area contributed by atoms with Crippen LogP contribution in [-0.2, 0) is 26.7 Å². The maximum Gasteiger partial charge on any atom is 0.339 e. The molecule has 0 atom stereocenters. The topological polar surface area (TPSA) is 113 Å². The third-order valence-electron chi connectivity index (χ3n) is 6.14. The van der Waals surface area contributed by atoms with Crippen molar-refractivity contribution in [2.45, 2.75) is 23.1 Å². The van der Waals surface area contributed by atoms with E-state index in [1.54, 1.807) is 36.4 Å². The van der Waals surface area contributed by atoms with Crippen molar-refractivity contribution in [3.05, 3.63) is 102 Å². The van der Waals surface area contributed by atoms with E-state index in [9.17, 15) is 21.6 Å². The number of ether oxygens (including phenoxy) is 1. The van der Waals surface area contributed by atoms with Gasteiger partial charge >= 0.3 is 20.2 Å². The Bertz CT molecular complexity index is 1630. The molecule has 1 aliphatic carbocycles. The number of ketones is 1. The Hall–Kier alpha value is -4.15. The average molecular weight is 551 g/mol. The second-order valence-corrected chi connectivity index (χ2v) is 11.6. The molecule has 0 aromatic heterocycles. The number of carbonyl (C=O) groups is 1. The third-order valence-corrected chi connectivity index (χ3v) is 8.63. The molecule has 0 amide bonds. The average Bonchev–Trinajstić information content (AvgIpc) is 3.20. The summed E-state index contributed by atoms with van der Waals surface area (Å²) in [6, 6.07) is 20.9. The van der Waals surface area contributed by atoms with E-state index in [0.717, 1.165) is 12.0 Å². The van der Waals surface area contributed by atoms with Crippen LogP contribution in [0.25, 0.3) is 11.1 Å². The van der Waals surface area contributed by atoms with Gasteiger partial charge in [-0.15, -0.1) is 0 Å². The number of hydrogen-bond donors (Lipinski definition) is 0. The first kappa shape index (κ1) is 25.5. The minimum Gasteiger partial charge on any atom is -0.497 e. The molecule has 0 bridgehead atoms. The molecule has 0 radical (unpaired) electrons. The van der Waals surface area contributed by atoms with Gasteiger partial charge in [-0.1, -0.05) is 31.2 Å². The van der Waals surface area contributed by atoms with Gasteiger partial charge in [0.1, 0.15) is 27.0 Å². The Morgan fingerprint density at radius 2 is 1.00 bits per heavy atom. The molecule has 0 saturated heterocycles. The van der Waals surface area contributed by atoms with Crippen molar-refractivity contribution in [2.24, 2.45) is 0 Å². The van der Waals surface area contributed by atoms with Crippen LogP contribution in [0.3, 0.4) is 0 Å². The van der Waals surface area contributed by atoms with Crippen molar-refractivity contribution in [3.63, 3.8) is 0 Å². The minimum absolute atomic E-state index is 0.0834. The molecule has 0 fully saturated rings. The summed E-state index contributed by atoms with van der Waals surface area (Å²) >= 11 is 0. The highest BCUT2D eigenvalue weighted by molar-refractivity contribution is 7.87. The van der Waals surface area contributed by atoms with Crippen molar-refractivity contribution in [2.75, 3.05) is 7.11 Å². The van der Waals surface area contributed by atoms with E-state index in [1.165, 1.54) is 55.6 Å². The van der Waals surface area contributed by atoms with Crippen LogP contribution in [0.5, 0.6) is 17.2 Å². The first-order valence-electron chi connectivity index (χ1n) is 11.6. The third kappa shape index (κ3) is 4.75. The predicted molar refractivity (Wildman–Crippen MR) is 140 cm³/mol. The smallest absolute Gasteiger partial charge is 0.339 e. The second-order valence-electron chi connectivity index (χ2n) is 8.49. The molecule has 38 heavy (non-hydrogen) atoms. The number of aryl methyl sites for hydroxylation is 1. The molecule has 0 N–H and O–H groups in total. The van der Waals surface area contributed by atoms with E-state index in [-0.39, 0.29) is 32.4 Å². The van der Waals surface area contributed by atoms with E-state index in [2.05, 4.69) is 0 Å². The van der Waals surface area contributed by atoms with Gasteiger partial charge in [0, 0.05) is 11.1 Å². The lowest BCUT2D eigenvalue weighted by molar-refractivity contribution is 0.104. The molecule has 5 rings (SSSR count). The zero-order chi connectivity index (χ0) is 27.1. The molecular formula is C28H22O8S2. The highest BCUT2D eigenvalue weighted by Crippen LogP contribution is 2.39. The molecule has 0 spiro atoms. The highest BCUT2D eigenvalue weighted by Gasteiger charge is 2.31. The van der Waals surface area contributed by atoms with Gasteiger partial charge in [0.15, 0.2) is 5.78 Å². The lowest BCUT2D eigenvalue weighted by atomic mass is 10.1. The number of methoxy groups -OCH3 is 1. The lowest BCUT2D eigenvalue weighted by Gasteiger charge is -2.09. The van der Waals surface area contributed by atoms with E-state index in [1.807, 2.05) is 6.92 Å². The molecule has 4 aromatic carbocycles. The SMILES string of the molecule is CCc1ccc(OS(=O)(=O)c2ccc3c(c2)C(=O)c2cc(S(=O)(=O)Oc4ccc(OC)cc4)ccc2-3)cc1.